The Morgan fingerprint density at radius 3 is 2.09 bits per heavy atom. The Balaban J connectivity index is 1.77. The van der Waals surface area contributed by atoms with E-state index >= 15 is 0 Å². The van der Waals surface area contributed by atoms with E-state index in [2.05, 4.69) is 0 Å². The fourth-order valence-corrected chi connectivity index (χ4v) is 3.75. The summed E-state index contributed by atoms with van der Waals surface area (Å²) in [6.45, 7) is 3.52. The first-order chi connectivity index (χ1) is 15.8. The molecule has 0 saturated heterocycles. The number of furan rings is 1. The number of esters is 1. The Bertz CT molecular complexity index is 1420. The van der Waals surface area contributed by atoms with Crippen LogP contribution in [0.4, 0.5) is 4.39 Å². The van der Waals surface area contributed by atoms with Gasteiger partial charge in [0.05, 0.1) is 30.6 Å². The molecular weight excluding hydrogens is 427 g/mol. The number of halogens is 1. The molecule has 1 aromatic heterocycles. The topological polar surface area (TPSA) is 75.0 Å². The molecule has 1 heterocycles. The Hall–Kier alpha value is -4.13. The largest absolute Gasteiger partial charge is 0.496 e. The number of fused-ring (bicyclic) bond motifs is 1. The van der Waals surface area contributed by atoms with Gasteiger partial charge in [-0.15, -0.1) is 0 Å². The van der Waals surface area contributed by atoms with Gasteiger partial charge in [-0.3, -0.25) is 4.79 Å². The average Bonchev–Trinajstić information content (AvgIpc) is 3.00. The minimum Gasteiger partial charge on any atom is -0.496 e. The molecule has 0 radical (unpaired) electrons. The van der Waals surface area contributed by atoms with Gasteiger partial charge >= 0.3 is 5.97 Å². The number of benzene rings is 2. The predicted octanol–water partition coefficient (Wildman–Crippen LogP) is 5.45. The number of rotatable bonds is 5. The van der Waals surface area contributed by atoms with Gasteiger partial charge in [-0.05, 0) is 73.5 Å². The van der Waals surface area contributed by atoms with Crippen LogP contribution in [0, 0.1) is 19.7 Å². The minimum atomic E-state index is -0.649. The van der Waals surface area contributed by atoms with Crippen LogP contribution in [0.2, 0.25) is 0 Å². The van der Waals surface area contributed by atoms with E-state index in [0.29, 0.717) is 44.9 Å². The van der Waals surface area contributed by atoms with E-state index in [9.17, 15) is 14.0 Å². The Kier molecular flexibility index (Phi) is 5.87. The van der Waals surface area contributed by atoms with Gasteiger partial charge in [0.15, 0.2) is 16.9 Å². The predicted molar refractivity (Wildman–Crippen MR) is 122 cm³/mol. The van der Waals surface area contributed by atoms with Gasteiger partial charge in [0, 0.05) is 0 Å². The highest BCUT2D eigenvalue weighted by Gasteiger charge is 2.17. The van der Waals surface area contributed by atoms with Gasteiger partial charge in [-0.2, -0.15) is 0 Å². The van der Waals surface area contributed by atoms with E-state index in [1.54, 1.807) is 38.1 Å². The highest BCUT2D eigenvalue weighted by atomic mass is 19.1. The number of carbonyl (C=O) groups excluding carboxylic acids is 1. The van der Waals surface area contributed by atoms with E-state index < -0.39 is 11.8 Å². The number of hydrogen-bond acceptors (Lipinski definition) is 6. The van der Waals surface area contributed by atoms with Gasteiger partial charge in [-0.1, -0.05) is 6.07 Å². The second-order valence-electron chi connectivity index (χ2n) is 7.40. The molecule has 7 heteroatoms. The summed E-state index contributed by atoms with van der Waals surface area (Å²) in [6, 6.07) is 13.2. The molecule has 0 aliphatic rings. The molecule has 33 heavy (non-hydrogen) atoms. The van der Waals surface area contributed by atoms with Gasteiger partial charge < -0.3 is 18.6 Å². The van der Waals surface area contributed by atoms with Crippen LogP contribution in [0.5, 0.6) is 17.2 Å². The molecule has 0 bridgehead atoms. The van der Waals surface area contributed by atoms with Crippen LogP contribution in [-0.4, -0.2) is 20.2 Å². The van der Waals surface area contributed by atoms with E-state index in [0.717, 1.165) is 0 Å². The third-order valence-corrected chi connectivity index (χ3v) is 5.33. The molecule has 4 aromatic rings. The van der Waals surface area contributed by atoms with Crippen LogP contribution in [-0.2, 0) is 0 Å². The fraction of sp³-hybridized carbons (Fsp3) is 0.154. The Morgan fingerprint density at radius 2 is 1.42 bits per heavy atom. The Morgan fingerprint density at radius 1 is 0.788 bits per heavy atom. The van der Waals surface area contributed by atoms with Gasteiger partial charge in [-0.25, -0.2) is 9.18 Å². The second kappa shape index (κ2) is 8.78. The van der Waals surface area contributed by atoms with Crippen molar-refractivity contribution < 1.29 is 27.8 Å². The fourth-order valence-electron chi connectivity index (χ4n) is 3.75. The number of hydrogen-bond donors (Lipinski definition) is 0. The molecule has 168 valence electrons. The van der Waals surface area contributed by atoms with Crippen molar-refractivity contribution in [1.29, 1.82) is 0 Å². The van der Waals surface area contributed by atoms with Crippen molar-refractivity contribution in [2.24, 2.45) is 0 Å². The monoisotopic (exact) mass is 448 g/mol. The van der Waals surface area contributed by atoms with Crippen LogP contribution in [0.15, 0.2) is 63.8 Å². The summed E-state index contributed by atoms with van der Waals surface area (Å²) in [5.74, 6) is 1.01. The van der Waals surface area contributed by atoms with Crippen molar-refractivity contribution in [3.05, 3.63) is 87.7 Å². The average molecular weight is 448 g/mol. The molecule has 6 nitrogen and oxygen atoms in total. The smallest absolute Gasteiger partial charge is 0.343 e. The highest BCUT2D eigenvalue weighted by molar-refractivity contribution is 5.93. The van der Waals surface area contributed by atoms with E-state index in [4.69, 9.17) is 18.6 Å². The molecular formula is C26H21FO6. The van der Waals surface area contributed by atoms with Crippen molar-refractivity contribution in [1.82, 2.24) is 0 Å². The van der Waals surface area contributed by atoms with Gasteiger partial charge in [0.1, 0.15) is 23.1 Å². The lowest BCUT2D eigenvalue weighted by Crippen LogP contribution is -2.09. The van der Waals surface area contributed by atoms with Crippen LogP contribution >= 0.6 is 0 Å². The van der Waals surface area contributed by atoms with Crippen LogP contribution in [0.1, 0.15) is 21.9 Å². The highest BCUT2D eigenvalue weighted by Crippen LogP contribution is 2.36. The third kappa shape index (κ3) is 4.17. The molecule has 0 saturated carbocycles. The number of methoxy groups -OCH3 is 2. The summed E-state index contributed by atoms with van der Waals surface area (Å²) in [4.78, 5) is 25.4. The van der Waals surface area contributed by atoms with Crippen molar-refractivity contribution in [3.63, 3.8) is 0 Å². The van der Waals surface area contributed by atoms with Gasteiger partial charge in [0.25, 0.3) is 0 Å². The zero-order valence-electron chi connectivity index (χ0n) is 18.5. The van der Waals surface area contributed by atoms with E-state index in [-0.39, 0.29) is 16.7 Å². The van der Waals surface area contributed by atoms with Crippen molar-refractivity contribution in [2.45, 2.75) is 13.8 Å². The molecule has 3 aromatic carbocycles. The maximum absolute atomic E-state index is 13.1. The molecule has 0 fully saturated rings. The van der Waals surface area contributed by atoms with Crippen molar-refractivity contribution >= 4 is 16.7 Å². The maximum atomic E-state index is 13.1. The summed E-state index contributed by atoms with van der Waals surface area (Å²) in [5.41, 5.74) is 1.26. The standard InChI is InChI=1S/C26H21FO6/c1-14-24-20(28)11-18(13-23(31-4)25(24)15(2)32-14)17-7-10-21(22(12-17)30-3)33-26(29)16-5-8-19(27)9-6-16/h5-13H,1-4H3. The molecule has 4 rings (SSSR count). The SMILES string of the molecule is COc1cc(-c2cc(OC)c3c(C)oc(C)c3c(=O)c2)ccc1OC(=O)c1ccc(F)cc1. The molecule has 0 unspecified atom stereocenters. The molecule has 0 aliphatic heterocycles. The third-order valence-electron chi connectivity index (χ3n) is 5.33. The second-order valence-corrected chi connectivity index (χ2v) is 7.40. The zero-order chi connectivity index (χ0) is 23.7. The number of ether oxygens (including phenoxy) is 3. The summed E-state index contributed by atoms with van der Waals surface area (Å²) < 4.78 is 35.2. The van der Waals surface area contributed by atoms with Crippen molar-refractivity contribution in [2.75, 3.05) is 14.2 Å². The normalized spacial score (nSPS) is 10.8. The minimum absolute atomic E-state index is 0.189. The first-order valence-corrected chi connectivity index (χ1v) is 10.1. The Labute approximate surface area is 189 Å². The lowest BCUT2D eigenvalue weighted by molar-refractivity contribution is 0.0729. The van der Waals surface area contributed by atoms with Crippen LogP contribution in [0.3, 0.4) is 0 Å². The van der Waals surface area contributed by atoms with Gasteiger partial charge in [0.2, 0.25) is 0 Å². The van der Waals surface area contributed by atoms with Crippen LogP contribution in [0.25, 0.3) is 21.9 Å². The number of aryl methyl sites for hydroxylation is 2. The van der Waals surface area contributed by atoms with Crippen molar-refractivity contribution in [3.8, 4) is 28.4 Å². The summed E-state index contributed by atoms with van der Waals surface area (Å²) in [7, 11) is 2.98. The summed E-state index contributed by atoms with van der Waals surface area (Å²) in [5, 5.41) is 1.09. The molecule has 0 spiro atoms. The number of carbonyl (C=O) groups is 1. The maximum Gasteiger partial charge on any atom is 0.343 e. The molecule has 0 atom stereocenters. The van der Waals surface area contributed by atoms with E-state index in [1.165, 1.54) is 44.6 Å². The lowest BCUT2D eigenvalue weighted by atomic mass is 10.1. The zero-order valence-corrected chi connectivity index (χ0v) is 18.5. The molecule has 0 aliphatic carbocycles. The molecule has 0 N–H and O–H groups in total. The first kappa shape index (κ1) is 22.1. The first-order valence-electron chi connectivity index (χ1n) is 10.1. The quantitative estimate of drug-likeness (QED) is 0.298. The van der Waals surface area contributed by atoms with Crippen LogP contribution < -0.4 is 19.6 Å². The molecule has 0 amide bonds. The lowest BCUT2D eigenvalue weighted by Gasteiger charge is -2.11. The van der Waals surface area contributed by atoms with E-state index in [1.807, 2.05) is 0 Å². The summed E-state index contributed by atoms with van der Waals surface area (Å²) >= 11 is 0. The summed E-state index contributed by atoms with van der Waals surface area (Å²) in [6.07, 6.45) is 0.